The van der Waals surface area contributed by atoms with Crippen LogP contribution in [0.5, 0.6) is 0 Å². The van der Waals surface area contributed by atoms with E-state index in [1.807, 2.05) is 11.6 Å². The monoisotopic (exact) mass is 462 g/mol. The Morgan fingerprint density at radius 2 is 2.06 bits per heavy atom. The molecule has 0 radical (unpaired) electrons. The van der Waals surface area contributed by atoms with Crippen molar-refractivity contribution in [3.8, 4) is 0 Å². The van der Waals surface area contributed by atoms with E-state index in [-0.39, 0.29) is 43.0 Å². The summed E-state index contributed by atoms with van der Waals surface area (Å²) in [5.74, 6) is -1.08. The predicted molar refractivity (Wildman–Crippen MR) is 104 cm³/mol. The molecule has 0 aliphatic carbocycles. The summed E-state index contributed by atoms with van der Waals surface area (Å²) in [5.41, 5.74) is -0.659. The normalized spacial score (nSPS) is 18.4. The van der Waals surface area contributed by atoms with E-state index < -0.39 is 27.9 Å². The van der Waals surface area contributed by atoms with Gasteiger partial charge in [0.2, 0.25) is 0 Å². The average molecular weight is 462 g/mol. The number of aryl methyl sites for hydroxylation is 1. The third-order valence-electron chi connectivity index (χ3n) is 4.51. The molecule has 1 aliphatic heterocycles. The van der Waals surface area contributed by atoms with E-state index in [1.54, 1.807) is 6.92 Å². The molecule has 2 heterocycles. The van der Waals surface area contributed by atoms with Gasteiger partial charge < -0.3 is 14.5 Å². The molecule has 2 N–H and O–H groups in total. The summed E-state index contributed by atoms with van der Waals surface area (Å²) < 4.78 is 77.1. The van der Waals surface area contributed by atoms with E-state index in [0.717, 1.165) is 22.7 Å². The molecule has 31 heavy (non-hydrogen) atoms. The Morgan fingerprint density at radius 1 is 1.32 bits per heavy atom. The van der Waals surface area contributed by atoms with Gasteiger partial charge in [-0.25, -0.2) is 4.72 Å². The molecule has 170 valence electrons. The molecule has 1 aromatic carbocycles. The average Bonchev–Trinajstić information content (AvgIpc) is 3.02. The molecule has 2 aromatic rings. The number of amides is 1. The number of hydrogen-bond donors (Lipinski definition) is 2. The number of ether oxygens (including phenoxy) is 1. The van der Waals surface area contributed by atoms with Crippen LogP contribution in [0.4, 0.5) is 24.9 Å². The number of hydrogen-bond acceptors (Lipinski definition) is 7. The molecule has 1 aromatic heterocycles. The van der Waals surface area contributed by atoms with Gasteiger partial charge in [0.25, 0.3) is 11.9 Å². The van der Waals surface area contributed by atoms with Crippen LogP contribution >= 0.6 is 0 Å². The maximum Gasteiger partial charge on any atom is 0.416 e. The lowest BCUT2D eigenvalue weighted by Crippen LogP contribution is -2.45. The molecule has 0 saturated carbocycles. The Bertz CT molecular complexity index is 1050. The van der Waals surface area contributed by atoms with Crippen LogP contribution in [-0.2, 0) is 21.1 Å². The van der Waals surface area contributed by atoms with E-state index in [1.165, 1.54) is 6.07 Å². The van der Waals surface area contributed by atoms with Gasteiger partial charge >= 0.3 is 16.4 Å². The van der Waals surface area contributed by atoms with Gasteiger partial charge in [-0.1, -0.05) is 13.0 Å². The summed E-state index contributed by atoms with van der Waals surface area (Å²) in [6.07, 6.45) is -3.62. The lowest BCUT2D eigenvalue weighted by molar-refractivity contribution is -0.137. The highest BCUT2D eigenvalue weighted by atomic mass is 32.2. The van der Waals surface area contributed by atoms with E-state index in [0.29, 0.717) is 12.2 Å². The molecule has 0 spiro atoms. The van der Waals surface area contributed by atoms with Crippen molar-refractivity contribution in [1.29, 1.82) is 0 Å². The number of anilines is 2. The number of alkyl halides is 3. The number of carbonyl (C=O) groups is 1. The van der Waals surface area contributed by atoms with Crippen LogP contribution in [0.3, 0.4) is 0 Å². The van der Waals surface area contributed by atoms with Crippen LogP contribution in [0.2, 0.25) is 0 Å². The SMILES string of the molecule is Cc1ccc(C(F)(F)F)cc1Nc1nc(C(=O)NS(=O)(=O)N2CCOCC(C)C2)co1. The summed E-state index contributed by atoms with van der Waals surface area (Å²) in [4.78, 5) is 16.2. The van der Waals surface area contributed by atoms with Crippen molar-refractivity contribution in [2.45, 2.75) is 20.0 Å². The summed E-state index contributed by atoms with van der Waals surface area (Å²) >= 11 is 0. The first-order valence-electron chi connectivity index (χ1n) is 9.26. The molecular weight excluding hydrogens is 441 g/mol. The van der Waals surface area contributed by atoms with Crippen molar-refractivity contribution in [3.63, 3.8) is 0 Å². The van der Waals surface area contributed by atoms with Gasteiger partial charge in [0.05, 0.1) is 18.8 Å². The molecule has 3 rings (SSSR count). The van der Waals surface area contributed by atoms with Crippen molar-refractivity contribution in [1.82, 2.24) is 14.0 Å². The summed E-state index contributed by atoms with van der Waals surface area (Å²) in [6.45, 7) is 4.29. The van der Waals surface area contributed by atoms with Crippen LogP contribution in [-0.4, -0.2) is 49.9 Å². The van der Waals surface area contributed by atoms with Crippen LogP contribution in [0.25, 0.3) is 0 Å². The minimum Gasteiger partial charge on any atom is -0.431 e. The van der Waals surface area contributed by atoms with Crippen molar-refractivity contribution in [3.05, 3.63) is 41.3 Å². The number of carbonyl (C=O) groups excluding carboxylic acids is 1. The quantitative estimate of drug-likeness (QED) is 0.702. The Labute approximate surface area is 176 Å². The number of oxazole rings is 1. The molecule has 1 atom stereocenters. The first-order chi connectivity index (χ1) is 14.5. The van der Waals surface area contributed by atoms with Gasteiger partial charge in [-0.2, -0.15) is 30.9 Å². The van der Waals surface area contributed by atoms with Crippen LogP contribution in [0.15, 0.2) is 28.9 Å². The first kappa shape index (κ1) is 23.0. The molecule has 1 amide bonds. The van der Waals surface area contributed by atoms with Gasteiger partial charge in [-0.15, -0.1) is 0 Å². The van der Waals surface area contributed by atoms with E-state index >= 15 is 0 Å². The number of halogens is 3. The fourth-order valence-electron chi connectivity index (χ4n) is 2.88. The summed E-state index contributed by atoms with van der Waals surface area (Å²) in [6, 6.07) is 2.84. The second-order valence-corrected chi connectivity index (χ2v) is 8.84. The molecule has 9 nitrogen and oxygen atoms in total. The summed E-state index contributed by atoms with van der Waals surface area (Å²) in [5, 5.41) is 2.57. The zero-order valence-corrected chi connectivity index (χ0v) is 17.5. The van der Waals surface area contributed by atoms with Crippen LogP contribution in [0.1, 0.15) is 28.5 Å². The van der Waals surface area contributed by atoms with Gasteiger partial charge in [0, 0.05) is 18.8 Å². The number of benzene rings is 1. The Hall–Kier alpha value is -2.64. The van der Waals surface area contributed by atoms with E-state index in [2.05, 4.69) is 10.3 Å². The van der Waals surface area contributed by atoms with Gasteiger partial charge in [0.1, 0.15) is 6.26 Å². The number of rotatable bonds is 5. The van der Waals surface area contributed by atoms with Crippen LogP contribution < -0.4 is 10.0 Å². The fraction of sp³-hybridized carbons (Fsp3) is 0.444. The third kappa shape index (κ3) is 5.74. The Morgan fingerprint density at radius 3 is 2.77 bits per heavy atom. The van der Waals surface area contributed by atoms with Crippen LogP contribution in [0, 0.1) is 12.8 Å². The topological polar surface area (TPSA) is 114 Å². The predicted octanol–water partition coefficient (Wildman–Crippen LogP) is 2.69. The minimum absolute atomic E-state index is 0.0484. The molecule has 13 heteroatoms. The molecule has 1 aliphatic rings. The lowest BCUT2D eigenvalue weighted by atomic mass is 10.1. The summed E-state index contributed by atoms with van der Waals surface area (Å²) in [7, 11) is -4.14. The number of nitrogens with one attached hydrogen (secondary N) is 2. The molecule has 1 unspecified atom stereocenters. The zero-order chi connectivity index (χ0) is 22.8. The molecular formula is C18H21F3N4O5S. The Balaban J connectivity index is 1.71. The van der Waals surface area contributed by atoms with Crippen molar-refractivity contribution in [2.75, 3.05) is 31.6 Å². The van der Waals surface area contributed by atoms with Gasteiger partial charge in [0.15, 0.2) is 5.69 Å². The number of nitrogens with zero attached hydrogens (tertiary/aromatic N) is 2. The maximum atomic E-state index is 12.9. The maximum absolute atomic E-state index is 12.9. The molecule has 1 saturated heterocycles. The zero-order valence-electron chi connectivity index (χ0n) is 16.7. The number of aromatic nitrogens is 1. The first-order valence-corrected chi connectivity index (χ1v) is 10.7. The fourth-order valence-corrected chi connectivity index (χ4v) is 4.11. The van der Waals surface area contributed by atoms with E-state index in [9.17, 15) is 26.4 Å². The molecule has 1 fully saturated rings. The van der Waals surface area contributed by atoms with Gasteiger partial charge in [-0.3, -0.25) is 4.79 Å². The van der Waals surface area contributed by atoms with Crippen molar-refractivity contribution >= 4 is 27.8 Å². The smallest absolute Gasteiger partial charge is 0.416 e. The third-order valence-corrected chi connectivity index (χ3v) is 5.96. The van der Waals surface area contributed by atoms with E-state index in [4.69, 9.17) is 9.15 Å². The minimum atomic E-state index is -4.53. The molecule has 0 bridgehead atoms. The highest BCUT2D eigenvalue weighted by Gasteiger charge is 2.31. The lowest BCUT2D eigenvalue weighted by Gasteiger charge is -2.21. The Kier molecular flexibility index (Phi) is 6.57. The van der Waals surface area contributed by atoms with Gasteiger partial charge in [-0.05, 0) is 30.5 Å². The second-order valence-electron chi connectivity index (χ2n) is 7.16. The second kappa shape index (κ2) is 8.85. The standard InChI is InChI=1S/C18H21F3N4O5S/c1-11-8-25(5-6-29-9-11)31(27,28)24-16(26)15-10-30-17(23-15)22-14-7-13(18(19,20)21)4-3-12(14)2/h3-4,7,10-11H,5-6,8-9H2,1-2H3,(H,22,23)(H,24,26). The highest BCUT2D eigenvalue weighted by molar-refractivity contribution is 7.87. The van der Waals surface area contributed by atoms with Crippen molar-refractivity contribution in [2.24, 2.45) is 5.92 Å². The highest BCUT2D eigenvalue weighted by Crippen LogP contribution is 2.33. The largest absolute Gasteiger partial charge is 0.431 e. The van der Waals surface area contributed by atoms with Crippen molar-refractivity contribution < 1.29 is 35.5 Å².